The summed E-state index contributed by atoms with van der Waals surface area (Å²) < 4.78 is 6.44. The van der Waals surface area contributed by atoms with Crippen LogP contribution in [0, 0.1) is 11.3 Å². The van der Waals surface area contributed by atoms with Gasteiger partial charge in [-0.1, -0.05) is 27.5 Å². The van der Waals surface area contributed by atoms with Crippen LogP contribution >= 0.6 is 27.5 Å². The van der Waals surface area contributed by atoms with E-state index in [1.807, 2.05) is 12.1 Å². The Kier molecular flexibility index (Phi) is 6.45. The van der Waals surface area contributed by atoms with Gasteiger partial charge in [0.15, 0.2) is 0 Å². The Labute approximate surface area is 148 Å². The zero-order chi connectivity index (χ0) is 16.7. The summed E-state index contributed by atoms with van der Waals surface area (Å²) in [6, 6.07) is 14.1. The lowest BCUT2D eigenvalue weighted by atomic mass is 10.2. The number of hydrogen-bond donors (Lipinski definition) is 1. The van der Waals surface area contributed by atoms with Crippen LogP contribution < -0.4 is 10.1 Å². The highest BCUT2D eigenvalue weighted by Gasteiger charge is 2.05. The highest BCUT2D eigenvalue weighted by atomic mass is 79.9. The Morgan fingerprint density at radius 3 is 2.65 bits per heavy atom. The van der Waals surface area contributed by atoms with E-state index >= 15 is 0 Å². The minimum atomic E-state index is -0.0970. The molecule has 0 atom stereocenters. The van der Waals surface area contributed by atoms with Gasteiger partial charge in [-0.25, -0.2) is 0 Å². The molecule has 0 heterocycles. The van der Waals surface area contributed by atoms with Crippen molar-refractivity contribution in [2.75, 3.05) is 11.9 Å². The number of nitriles is 1. The topological polar surface area (TPSA) is 62.1 Å². The van der Waals surface area contributed by atoms with Crippen molar-refractivity contribution < 1.29 is 9.53 Å². The van der Waals surface area contributed by atoms with Crippen LogP contribution in [0.5, 0.6) is 5.75 Å². The SMILES string of the molecule is N#Cc1ccc(NC(=O)CCCOc2ccc(Br)cc2Cl)cc1. The molecule has 0 fully saturated rings. The molecule has 0 unspecified atom stereocenters. The third kappa shape index (κ3) is 5.59. The van der Waals surface area contributed by atoms with Gasteiger partial charge in [0.1, 0.15) is 5.75 Å². The molecule has 0 spiro atoms. The Morgan fingerprint density at radius 1 is 1.26 bits per heavy atom. The zero-order valence-electron chi connectivity index (χ0n) is 12.2. The third-order valence-corrected chi connectivity index (χ3v) is 3.79. The average molecular weight is 394 g/mol. The summed E-state index contributed by atoms with van der Waals surface area (Å²) in [5, 5.41) is 12.0. The highest BCUT2D eigenvalue weighted by molar-refractivity contribution is 9.10. The van der Waals surface area contributed by atoms with Crippen molar-refractivity contribution in [3.63, 3.8) is 0 Å². The lowest BCUT2D eigenvalue weighted by Gasteiger charge is -2.08. The fourth-order valence-corrected chi connectivity index (χ4v) is 2.59. The number of nitrogens with one attached hydrogen (secondary N) is 1. The fourth-order valence-electron chi connectivity index (χ4n) is 1.86. The lowest BCUT2D eigenvalue weighted by Crippen LogP contribution is -2.12. The molecule has 23 heavy (non-hydrogen) atoms. The highest BCUT2D eigenvalue weighted by Crippen LogP contribution is 2.27. The molecule has 0 saturated heterocycles. The second kappa shape index (κ2) is 8.56. The van der Waals surface area contributed by atoms with Crippen molar-refractivity contribution >= 4 is 39.1 Å². The average Bonchev–Trinajstić information content (AvgIpc) is 2.54. The summed E-state index contributed by atoms with van der Waals surface area (Å²) in [5.41, 5.74) is 1.23. The molecule has 0 aliphatic rings. The van der Waals surface area contributed by atoms with E-state index in [4.69, 9.17) is 21.6 Å². The summed E-state index contributed by atoms with van der Waals surface area (Å²) in [6.07, 6.45) is 0.919. The summed E-state index contributed by atoms with van der Waals surface area (Å²) in [7, 11) is 0. The first-order valence-corrected chi connectivity index (χ1v) is 8.13. The van der Waals surface area contributed by atoms with Gasteiger partial charge in [-0.3, -0.25) is 4.79 Å². The van der Waals surface area contributed by atoms with Gasteiger partial charge in [0.25, 0.3) is 0 Å². The molecule has 0 radical (unpaired) electrons. The first kappa shape index (κ1) is 17.3. The van der Waals surface area contributed by atoms with Crippen molar-refractivity contribution in [3.05, 3.63) is 57.5 Å². The van der Waals surface area contributed by atoms with Crippen LogP contribution in [0.25, 0.3) is 0 Å². The number of carbonyl (C=O) groups excluding carboxylic acids is 1. The summed E-state index contributed by atoms with van der Waals surface area (Å²) in [4.78, 5) is 11.8. The van der Waals surface area contributed by atoms with Crippen molar-refractivity contribution in [1.29, 1.82) is 5.26 Å². The fraction of sp³-hybridized carbons (Fsp3) is 0.176. The van der Waals surface area contributed by atoms with E-state index in [2.05, 4.69) is 21.2 Å². The minimum Gasteiger partial charge on any atom is -0.492 e. The van der Waals surface area contributed by atoms with Gasteiger partial charge < -0.3 is 10.1 Å². The number of rotatable bonds is 6. The second-order valence-corrected chi connectivity index (χ2v) is 6.09. The first-order chi connectivity index (χ1) is 11.1. The van der Waals surface area contributed by atoms with Gasteiger partial charge in [0.05, 0.1) is 23.3 Å². The summed E-state index contributed by atoms with van der Waals surface area (Å²) in [5.74, 6) is 0.502. The number of nitrogens with zero attached hydrogens (tertiary/aromatic N) is 1. The van der Waals surface area contributed by atoms with Gasteiger partial charge in [0, 0.05) is 16.6 Å². The summed E-state index contributed by atoms with van der Waals surface area (Å²) in [6.45, 7) is 0.405. The Hall–Kier alpha value is -2.03. The van der Waals surface area contributed by atoms with E-state index in [9.17, 15) is 4.79 Å². The molecule has 4 nitrogen and oxygen atoms in total. The Balaban J connectivity index is 1.73. The van der Waals surface area contributed by atoms with E-state index in [0.717, 1.165) is 4.47 Å². The maximum absolute atomic E-state index is 11.8. The monoisotopic (exact) mass is 392 g/mol. The van der Waals surface area contributed by atoms with Crippen LogP contribution in [0.4, 0.5) is 5.69 Å². The number of ether oxygens (including phenoxy) is 1. The molecule has 0 aromatic heterocycles. The largest absolute Gasteiger partial charge is 0.492 e. The molecule has 2 aromatic carbocycles. The molecule has 118 valence electrons. The molecule has 1 amide bonds. The number of benzene rings is 2. The molecule has 0 bridgehead atoms. The first-order valence-electron chi connectivity index (χ1n) is 6.96. The van der Waals surface area contributed by atoms with Crippen molar-refractivity contribution in [2.45, 2.75) is 12.8 Å². The normalized spacial score (nSPS) is 9.96. The van der Waals surface area contributed by atoms with Crippen molar-refractivity contribution in [1.82, 2.24) is 0 Å². The van der Waals surface area contributed by atoms with Crippen LogP contribution in [0.15, 0.2) is 46.9 Å². The Bertz CT molecular complexity index is 726. The van der Waals surface area contributed by atoms with Crippen molar-refractivity contribution in [3.8, 4) is 11.8 Å². The van der Waals surface area contributed by atoms with E-state index in [0.29, 0.717) is 41.5 Å². The smallest absolute Gasteiger partial charge is 0.224 e. The predicted molar refractivity (Wildman–Crippen MR) is 93.7 cm³/mol. The van der Waals surface area contributed by atoms with Gasteiger partial charge in [0.2, 0.25) is 5.91 Å². The maximum Gasteiger partial charge on any atom is 0.224 e. The molecule has 6 heteroatoms. The molecule has 1 N–H and O–H groups in total. The molecular formula is C17H14BrClN2O2. The number of halogens is 2. The van der Waals surface area contributed by atoms with E-state index < -0.39 is 0 Å². The van der Waals surface area contributed by atoms with E-state index in [1.54, 1.807) is 36.4 Å². The summed E-state index contributed by atoms with van der Waals surface area (Å²) >= 11 is 9.37. The molecule has 0 saturated carbocycles. The van der Waals surface area contributed by atoms with Gasteiger partial charge in [-0.2, -0.15) is 5.26 Å². The van der Waals surface area contributed by atoms with Gasteiger partial charge in [-0.15, -0.1) is 0 Å². The molecule has 2 rings (SSSR count). The van der Waals surface area contributed by atoms with E-state index in [-0.39, 0.29) is 5.91 Å². The van der Waals surface area contributed by atoms with Crippen LogP contribution in [-0.4, -0.2) is 12.5 Å². The number of amides is 1. The predicted octanol–water partition coefficient (Wildman–Crippen LogP) is 4.77. The van der Waals surface area contributed by atoms with Crippen LogP contribution in [0.1, 0.15) is 18.4 Å². The molecule has 0 aliphatic carbocycles. The van der Waals surface area contributed by atoms with E-state index in [1.165, 1.54) is 0 Å². The quantitative estimate of drug-likeness (QED) is 0.719. The van der Waals surface area contributed by atoms with Gasteiger partial charge >= 0.3 is 0 Å². The molecule has 0 aliphatic heterocycles. The number of carbonyl (C=O) groups is 1. The molecular weight excluding hydrogens is 380 g/mol. The zero-order valence-corrected chi connectivity index (χ0v) is 14.5. The number of hydrogen-bond acceptors (Lipinski definition) is 3. The lowest BCUT2D eigenvalue weighted by molar-refractivity contribution is -0.116. The minimum absolute atomic E-state index is 0.0970. The van der Waals surface area contributed by atoms with Crippen LogP contribution in [0.2, 0.25) is 5.02 Å². The standard InChI is InChI=1S/C17H14BrClN2O2/c18-13-5-8-16(15(19)10-13)23-9-1-2-17(22)21-14-6-3-12(11-20)4-7-14/h3-8,10H,1-2,9H2,(H,21,22). The van der Waals surface area contributed by atoms with Crippen LogP contribution in [-0.2, 0) is 4.79 Å². The van der Waals surface area contributed by atoms with Gasteiger partial charge in [-0.05, 0) is 48.9 Å². The van der Waals surface area contributed by atoms with Crippen LogP contribution in [0.3, 0.4) is 0 Å². The number of anilines is 1. The molecule has 2 aromatic rings. The third-order valence-electron chi connectivity index (χ3n) is 3.00. The van der Waals surface area contributed by atoms with Crippen molar-refractivity contribution in [2.24, 2.45) is 0 Å². The Morgan fingerprint density at radius 2 is 2.00 bits per heavy atom. The second-order valence-electron chi connectivity index (χ2n) is 4.76. The maximum atomic E-state index is 11.8.